The fraction of sp³-hybridized carbons (Fsp3) is 0.625. The van der Waals surface area contributed by atoms with Crippen LogP contribution in [0.25, 0.3) is 0 Å². The van der Waals surface area contributed by atoms with Crippen LogP contribution in [0.1, 0.15) is 44.6 Å². The van der Waals surface area contributed by atoms with Crippen molar-refractivity contribution in [2.75, 3.05) is 13.6 Å². The molecule has 1 saturated carbocycles. The molecule has 2 heteroatoms. The first kappa shape index (κ1) is 13.4. The van der Waals surface area contributed by atoms with Gasteiger partial charge in [-0.2, -0.15) is 0 Å². The standard InChI is InChI=1S/C16H25NO/c1-12(2)18-15-8-4-6-13(10-15)16-9-5-7-14(16)11-17-3/h4,6,8,10,12,14,16-17H,5,7,9,11H2,1-3H3. The molecule has 1 N–H and O–H groups in total. The normalized spacial score (nSPS) is 23.6. The van der Waals surface area contributed by atoms with E-state index in [1.165, 1.54) is 24.8 Å². The highest BCUT2D eigenvalue weighted by Gasteiger charge is 2.28. The number of hydrogen-bond acceptors (Lipinski definition) is 2. The Bertz CT molecular complexity index is 375. The third-order valence-corrected chi connectivity index (χ3v) is 3.78. The number of nitrogens with one attached hydrogen (secondary N) is 1. The largest absolute Gasteiger partial charge is 0.491 e. The summed E-state index contributed by atoms with van der Waals surface area (Å²) in [4.78, 5) is 0. The molecule has 0 bridgehead atoms. The average Bonchev–Trinajstić information content (AvgIpc) is 2.77. The third-order valence-electron chi connectivity index (χ3n) is 3.78. The summed E-state index contributed by atoms with van der Waals surface area (Å²) in [5.74, 6) is 2.50. The monoisotopic (exact) mass is 247 g/mol. The van der Waals surface area contributed by atoms with Crippen molar-refractivity contribution in [1.29, 1.82) is 0 Å². The lowest BCUT2D eigenvalue weighted by Gasteiger charge is -2.20. The first-order valence-electron chi connectivity index (χ1n) is 7.12. The molecule has 0 heterocycles. The van der Waals surface area contributed by atoms with Crippen LogP contribution in [0.5, 0.6) is 5.75 Å². The molecule has 2 nitrogen and oxygen atoms in total. The number of ether oxygens (including phenoxy) is 1. The lowest BCUT2D eigenvalue weighted by Crippen LogP contribution is -2.21. The molecule has 18 heavy (non-hydrogen) atoms. The van der Waals surface area contributed by atoms with Crippen molar-refractivity contribution in [3.63, 3.8) is 0 Å². The minimum atomic E-state index is 0.247. The van der Waals surface area contributed by atoms with E-state index in [9.17, 15) is 0 Å². The molecule has 0 aliphatic heterocycles. The molecule has 0 spiro atoms. The highest BCUT2D eigenvalue weighted by Crippen LogP contribution is 2.40. The van der Waals surface area contributed by atoms with Crippen LogP contribution in [0, 0.1) is 5.92 Å². The molecule has 2 unspecified atom stereocenters. The molecule has 2 atom stereocenters. The van der Waals surface area contributed by atoms with E-state index in [0.29, 0.717) is 5.92 Å². The number of benzene rings is 1. The molecule has 0 aromatic heterocycles. The zero-order valence-electron chi connectivity index (χ0n) is 11.8. The summed E-state index contributed by atoms with van der Waals surface area (Å²) in [6.45, 7) is 5.28. The van der Waals surface area contributed by atoms with Gasteiger partial charge in [-0.25, -0.2) is 0 Å². The van der Waals surface area contributed by atoms with Crippen LogP contribution < -0.4 is 10.1 Å². The quantitative estimate of drug-likeness (QED) is 0.858. The molecule has 1 aromatic rings. The Labute approximate surface area is 111 Å². The zero-order chi connectivity index (χ0) is 13.0. The molecule has 1 aromatic carbocycles. The molecule has 1 aliphatic rings. The Morgan fingerprint density at radius 1 is 1.33 bits per heavy atom. The van der Waals surface area contributed by atoms with E-state index in [2.05, 4.69) is 43.4 Å². The Morgan fingerprint density at radius 2 is 2.17 bits per heavy atom. The number of rotatable bonds is 5. The van der Waals surface area contributed by atoms with Crippen molar-refractivity contribution >= 4 is 0 Å². The van der Waals surface area contributed by atoms with Gasteiger partial charge in [0.15, 0.2) is 0 Å². The van der Waals surface area contributed by atoms with E-state index < -0.39 is 0 Å². The van der Waals surface area contributed by atoms with Gasteiger partial charge in [0.1, 0.15) is 5.75 Å². The van der Waals surface area contributed by atoms with Crippen molar-refractivity contribution in [3.8, 4) is 5.75 Å². The van der Waals surface area contributed by atoms with Gasteiger partial charge in [0.2, 0.25) is 0 Å². The smallest absolute Gasteiger partial charge is 0.119 e. The second-order valence-corrected chi connectivity index (χ2v) is 5.59. The second kappa shape index (κ2) is 6.24. The highest BCUT2D eigenvalue weighted by molar-refractivity contribution is 5.32. The van der Waals surface area contributed by atoms with Crippen LogP contribution in [0.3, 0.4) is 0 Å². The summed E-state index contributed by atoms with van der Waals surface area (Å²) in [6.07, 6.45) is 4.27. The minimum absolute atomic E-state index is 0.247. The van der Waals surface area contributed by atoms with E-state index >= 15 is 0 Å². The van der Waals surface area contributed by atoms with Crippen LogP contribution in [0.2, 0.25) is 0 Å². The third kappa shape index (κ3) is 3.26. The second-order valence-electron chi connectivity index (χ2n) is 5.59. The highest BCUT2D eigenvalue weighted by atomic mass is 16.5. The molecule has 2 rings (SSSR count). The summed E-state index contributed by atoms with van der Waals surface area (Å²) in [7, 11) is 2.05. The lowest BCUT2D eigenvalue weighted by molar-refractivity contribution is 0.242. The molecule has 1 fully saturated rings. The van der Waals surface area contributed by atoms with Crippen LogP contribution >= 0.6 is 0 Å². The van der Waals surface area contributed by atoms with E-state index in [1.807, 2.05) is 7.05 Å². The molecule has 0 radical (unpaired) electrons. The Morgan fingerprint density at radius 3 is 2.89 bits per heavy atom. The minimum Gasteiger partial charge on any atom is -0.491 e. The van der Waals surface area contributed by atoms with Gasteiger partial charge < -0.3 is 10.1 Å². The number of hydrogen-bond donors (Lipinski definition) is 1. The van der Waals surface area contributed by atoms with Gasteiger partial charge in [-0.1, -0.05) is 18.6 Å². The Hall–Kier alpha value is -1.02. The van der Waals surface area contributed by atoms with Crippen LogP contribution in [-0.4, -0.2) is 19.7 Å². The van der Waals surface area contributed by atoms with Gasteiger partial charge in [0, 0.05) is 0 Å². The Balaban J connectivity index is 2.12. The van der Waals surface area contributed by atoms with E-state index in [1.54, 1.807) is 0 Å². The van der Waals surface area contributed by atoms with Crippen LogP contribution in [0.4, 0.5) is 0 Å². The summed E-state index contributed by atoms with van der Waals surface area (Å²) >= 11 is 0. The van der Waals surface area contributed by atoms with Crippen molar-refractivity contribution in [2.45, 2.75) is 45.1 Å². The molecule has 0 amide bonds. The average molecular weight is 247 g/mol. The van der Waals surface area contributed by atoms with Crippen molar-refractivity contribution in [1.82, 2.24) is 5.32 Å². The van der Waals surface area contributed by atoms with Crippen molar-refractivity contribution < 1.29 is 4.74 Å². The van der Waals surface area contributed by atoms with Gasteiger partial charge in [-0.05, 0) is 69.8 Å². The molecular weight excluding hydrogens is 222 g/mol. The van der Waals surface area contributed by atoms with Gasteiger partial charge in [0.05, 0.1) is 6.10 Å². The van der Waals surface area contributed by atoms with Gasteiger partial charge in [-0.15, -0.1) is 0 Å². The van der Waals surface area contributed by atoms with Gasteiger partial charge in [0.25, 0.3) is 0 Å². The zero-order valence-corrected chi connectivity index (χ0v) is 11.8. The first-order valence-corrected chi connectivity index (χ1v) is 7.12. The maximum Gasteiger partial charge on any atom is 0.119 e. The predicted molar refractivity (Wildman–Crippen MR) is 76.2 cm³/mol. The lowest BCUT2D eigenvalue weighted by atomic mass is 9.89. The predicted octanol–water partition coefficient (Wildman–Crippen LogP) is 3.58. The topological polar surface area (TPSA) is 21.3 Å². The van der Waals surface area contributed by atoms with Gasteiger partial charge >= 0.3 is 0 Å². The summed E-state index contributed by atoms with van der Waals surface area (Å²) in [6, 6.07) is 8.68. The molecule has 100 valence electrons. The fourth-order valence-electron chi connectivity index (χ4n) is 3.07. The van der Waals surface area contributed by atoms with E-state index in [-0.39, 0.29) is 6.10 Å². The maximum absolute atomic E-state index is 5.79. The Kier molecular flexibility index (Phi) is 4.65. The molecular formula is C16H25NO. The molecule has 1 aliphatic carbocycles. The summed E-state index contributed by atoms with van der Waals surface area (Å²) in [5, 5.41) is 3.32. The molecule has 0 saturated heterocycles. The summed E-state index contributed by atoms with van der Waals surface area (Å²) < 4.78 is 5.79. The fourth-order valence-corrected chi connectivity index (χ4v) is 3.07. The maximum atomic E-state index is 5.79. The van der Waals surface area contributed by atoms with Crippen LogP contribution in [0.15, 0.2) is 24.3 Å². The van der Waals surface area contributed by atoms with Crippen LogP contribution in [-0.2, 0) is 0 Å². The van der Waals surface area contributed by atoms with Crippen molar-refractivity contribution in [3.05, 3.63) is 29.8 Å². The first-order chi connectivity index (χ1) is 8.70. The van der Waals surface area contributed by atoms with E-state index in [4.69, 9.17) is 4.74 Å². The van der Waals surface area contributed by atoms with E-state index in [0.717, 1.165) is 18.2 Å². The van der Waals surface area contributed by atoms with Gasteiger partial charge in [-0.3, -0.25) is 0 Å². The van der Waals surface area contributed by atoms with Crippen molar-refractivity contribution in [2.24, 2.45) is 5.92 Å². The SMILES string of the molecule is CNCC1CCCC1c1cccc(OC(C)C)c1. The summed E-state index contributed by atoms with van der Waals surface area (Å²) in [5.41, 5.74) is 1.45.